The van der Waals surface area contributed by atoms with E-state index >= 15 is 0 Å². The number of carbonyl (C=O) groups excluding carboxylic acids is 1. The van der Waals surface area contributed by atoms with Crippen molar-refractivity contribution < 1.29 is 4.79 Å². The molecule has 10 heteroatoms. The number of anilines is 1. The molecular weight excluding hydrogens is 404 g/mol. The van der Waals surface area contributed by atoms with Gasteiger partial charge in [0.05, 0.1) is 16.5 Å². The van der Waals surface area contributed by atoms with E-state index in [9.17, 15) is 14.4 Å². The first-order chi connectivity index (χ1) is 14.4. The Bertz CT molecular complexity index is 1380. The molecule has 0 aliphatic carbocycles. The van der Waals surface area contributed by atoms with Gasteiger partial charge in [-0.2, -0.15) is 0 Å². The number of hydrogen-bond donors (Lipinski definition) is 1. The molecule has 0 fully saturated rings. The minimum atomic E-state index is -0.591. The Morgan fingerprint density at radius 2 is 2.03 bits per heavy atom. The van der Waals surface area contributed by atoms with E-state index < -0.39 is 23.7 Å². The van der Waals surface area contributed by atoms with Crippen LogP contribution >= 0.6 is 11.3 Å². The van der Waals surface area contributed by atoms with E-state index in [1.165, 1.54) is 39.4 Å². The first-order valence-electron chi connectivity index (χ1n) is 9.69. The lowest BCUT2D eigenvalue weighted by molar-refractivity contribution is -0.116. The highest BCUT2D eigenvalue weighted by molar-refractivity contribution is 7.22. The normalized spacial score (nSPS) is 11.4. The number of thiazole rings is 1. The van der Waals surface area contributed by atoms with Crippen LogP contribution in [0.4, 0.5) is 5.13 Å². The van der Waals surface area contributed by atoms with E-state index in [2.05, 4.69) is 34.3 Å². The molecule has 3 heterocycles. The molecule has 1 N–H and O–H groups in total. The standard InChI is InChI=1S/C20H22N6O3S/c1-4-5-6-12-7-8-13-14(9-12)30-19(22-13)23-15(27)10-26-18(28)16-17(21-11-24(16)2)25(3)20(26)29/h7-9,11H,4-6,10H2,1-3H3,(H,22,23,27). The molecule has 0 unspecified atom stereocenters. The molecule has 0 bridgehead atoms. The summed E-state index contributed by atoms with van der Waals surface area (Å²) < 4.78 is 4.70. The number of nitrogens with one attached hydrogen (secondary N) is 1. The Labute approximate surface area is 175 Å². The third kappa shape index (κ3) is 3.54. The molecular formula is C20H22N6O3S. The van der Waals surface area contributed by atoms with Crippen molar-refractivity contribution in [1.82, 2.24) is 23.7 Å². The minimum Gasteiger partial charge on any atom is -0.328 e. The molecule has 156 valence electrons. The van der Waals surface area contributed by atoms with Gasteiger partial charge in [-0.05, 0) is 30.5 Å². The van der Waals surface area contributed by atoms with Crippen molar-refractivity contribution >= 4 is 43.8 Å². The van der Waals surface area contributed by atoms with Crippen molar-refractivity contribution in [2.24, 2.45) is 14.1 Å². The maximum Gasteiger partial charge on any atom is 0.332 e. The summed E-state index contributed by atoms with van der Waals surface area (Å²) in [5.41, 5.74) is 1.46. The Balaban J connectivity index is 1.59. The number of unbranched alkanes of at least 4 members (excludes halogenated alkanes) is 1. The Hall–Kier alpha value is -3.27. The summed E-state index contributed by atoms with van der Waals surface area (Å²) in [6.45, 7) is 1.76. The molecule has 4 rings (SSSR count). The smallest absolute Gasteiger partial charge is 0.328 e. The van der Waals surface area contributed by atoms with E-state index in [-0.39, 0.29) is 11.2 Å². The van der Waals surface area contributed by atoms with E-state index in [0.29, 0.717) is 5.13 Å². The molecule has 1 amide bonds. The van der Waals surface area contributed by atoms with E-state index in [1.54, 1.807) is 7.05 Å². The predicted molar refractivity (Wildman–Crippen MR) is 117 cm³/mol. The van der Waals surface area contributed by atoms with E-state index in [1.807, 2.05) is 6.07 Å². The number of carbonyl (C=O) groups is 1. The summed E-state index contributed by atoms with van der Waals surface area (Å²) in [7, 11) is 3.19. The van der Waals surface area contributed by atoms with Crippen LogP contribution in [0.15, 0.2) is 34.1 Å². The van der Waals surface area contributed by atoms with Crippen LogP contribution in [0.1, 0.15) is 25.3 Å². The SMILES string of the molecule is CCCCc1ccc2nc(NC(=O)Cn3c(=O)c4c(ncn4C)n(C)c3=O)sc2c1. The zero-order chi connectivity index (χ0) is 21.4. The van der Waals surface area contributed by atoms with Crippen LogP contribution in [0.5, 0.6) is 0 Å². The number of aryl methyl sites for hydroxylation is 3. The average molecular weight is 427 g/mol. The zero-order valence-electron chi connectivity index (χ0n) is 17.0. The van der Waals surface area contributed by atoms with Gasteiger partial charge >= 0.3 is 5.69 Å². The average Bonchev–Trinajstić information content (AvgIpc) is 3.30. The molecule has 0 aliphatic rings. The van der Waals surface area contributed by atoms with Gasteiger partial charge in [0.15, 0.2) is 16.3 Å². The lowest BCUT2D eigenvalue weighted by atomic mass is 10.1. The molecule has 0 saturated carbocycles. The fraction of sp³-hybridized carbons (Fsp3) is 0.350. The Morgan fingerprint density at radius 3 is 2.80 bits per heavy atom. The molecule has 0 spiro atoms. The van der Waals surface area contributed by atoms with Gasteiger partial charge in [0.25, 0.3) is 5.56 Å². The number of aromatic nitrogens is 5. The third-order valence-electron chi connectivity index (χ3n) is 5.02. The van der Waals surface area contributed by atoms with Crippen LogP contribution < -0.4 is 16.6 Å². The number of benzene rings is 1. The van der Waals surface area contributed by atoms with Gasteiger partial charge in [-0.1, -0.05) is 30.7 Å². The largest absolute Gasteiger partial charge is 0.332 e. The molecule has 1 aromatic carbocycles. The second kappa shape index (κ2) is 7.86. The van der Waals surface area contributed by atoms with Gasteiger partial charge in [-0.15, -0.1) is 0 Å². The van der Waals surface area contributed by atoms with Gasteiger partial charge in [0.2, 0.25) is 5.91 Å². The highest BCUT2D eigenvalue weighted by Crippen LogP contribution is 2.27. The molecule has 4 aromatic rings. The number of nitrogens with zero attached hydrogens (tertiary/aromatic N) is 5. The second-order valence-electron chi connectivity index (χ2n) is 7.23. The highest BCUT2D eigenvalue weighted by Gasteiger charge is 2.17. The molecule has 0 aliphatic heterocycles. The number of fused-ring (bicyclic) bond motifs is 2. The second-order valence-corrected chi connectivity index (χ2v) is 8.26. The summed E-state index contributed by atoms with van der Waals surface area (Å²) in [5.74, 6) is -0.485. The summed E-state index contributed by atoms with van der Waals surface area (Å²) in [4.78, 5) is 46.4. The van der Waals surface area contributed by atoms with Crippen LogP contribution in [0.2, 0.25) is 0 Å². The molecule has 9 nitrogen and oxygen atoms in total. The van der Waals surface area contributed by atoms with Gasteiger partial charge in [0.1, 0.15) is 6.54 Å². The Morgan fingerprint density at radius 1 is 1.23 bits per heavy atom. The van der Waals surface area contributed by atoms with Crippen molar-refractivity contribution in [3.05, 3.63) is 50.9 Å². The monoisotopic (exact) mass is 426 g/mol. The van der Waals surface area contributed by atoms with Gasteiger partial charge in [-0.3, -0.25) is 14.2 Å². The summed E-state index contributed by atoms with van der Waals surface area (Å²) >= 11 is 1.37. The fourth-order valence-corrected chi connectivity index (χ4v) is 4.34. The number of imidazole rings is 1. The van der Waals surface area contributed by atoms with Gasteiger partial charge in [0, 0.05) is 14.1 Å². The maximum atomic E-state index is 12.7. The van der Waals surface area contributed by atoms with E-state index in [0.717, 1.165) is 34.0 Å². The summed E-state index contributed by atoms with van der Waals surface area (Å²) in [6, 6.07) is 6.09. The topological polar surface area (TPSA) is 104 Å². The molecule has 30 heavy (non-hydrogen) atoms. The molecule has 0 saturated heterocycles. The van der Waals surface area contributed by atoms with Gasteiger partial charge in [-0.25, -0.2) is 19.3 Å². The quantitative estimate of drug-likeness (QED) is 0.508. The lowest BCUT2D eigenvalue weighted by Crippen LogP contribution is -2.42. The lowest BCUT2D eigenvalue weighted by Gasteiger charge is -2.08. The number of amides is 1. The molecule has 3 aromatic heterocycles. The Kier molecular flexibility index (Phi) is 5.25. The van der Waals surface area contributed by atoms with Crippen LogP contribution in [0, 0.1) is 0 Å². The fourth-order valence-electron chi connectivity index (χ4n) is 3.40. The van der Waals surface area contributed by atoms with E-state index in [4.69, 9.17) is 0 Å². The summed E-state index contributed by atoms with van der Waals surface area (Å²) in [5, 5.41) is 3.15. The molecule has 0 radical (unpaired) electrons. The minimum absolute atomic E-state index is 0.268. The first kappa shape index (κ1) is 20.0. The van der Waals surface area contributed by atoms with Crippen molar-refractivity contribution in [3.63, 3.8) is 0 Å². The highest BCUT2D eigenvalue weighted by atomic mass is 32.1. The first-order valence-corrected chi connectivity index (χ1v) is 10.5. The zero-order valence-corrected chi connectivity index (χ0v) is 17.8. The third-order valence-corrected chi connectivity index (χ3v) is 5.95. The summed E-state index contributed by atoms with van der Waals surface area (Å²) in [6.07, 6.45) is 4.73. The van der Waals surface area contributed by atoms with Crippen molar-refractivity contribution in [2.75, 3.05) is 5.32 Å². The number of hydrogen-bond acceptors (Lipinski definition) is 6. The van der Waals surface area contributed by atoms with Crippen LogP contribution in [0.3, 0.4) is 0 Å². The van der Waals surface area contributed by atoms with Crippen molar-refractivity contribution in [1.29, 1.82) is 0 Å². The number of rotatable bonds is 6. The predicted octanol–water partition coefficient (Wildman–Crippen LogP) is 2.02. The van der Waals surface area contributed by atoms with Crippen LogP contribution in [-0.4, -0.2) is 29.6 Å². The molecule has 0 atom stereocenters. The van der Waals surface area contributed by atoms with Crippen molar-refractivity contribution in [2.45, 2.75) is 32.7 Å². The van der Waals surface area contributed by atoms with Crippen molar-refractivity contribution in [3.8, 4) is 0 Å². The maximum absolute atomic E-state index is 12.7. The van der Waals surface area contributed by atoms with Crippen LogP contribution in [0.25, 0.3) is 21.4 Å². The van der Waals surface area contributed by atoms with Crippen LogP contribution in [-0.2, 0) is 31.9 Å². The van der Waals surface area contributed by atoms with Gasteiger partial charge < -0.3 is 9.88 Å².